The van der Waals surface area contributed by atoms with Gasteiger partial charge in [-0.3, -0.25) is 4.79 Å². The van der Waals surface area contributed by atoms with Gasteiger partial charge in [-0.1, -0.05) is 26.0 Å². The molecule has 1 atom stereocenters. The Bertz CT molecular complexity index is 573. The highest BCUT2D eigenvalue weighted by Crippen LogP contribution is 2.24. The summed E-state index contributed by atoms with van der Waals surface area (Å²) in [4.78, 5) is 15.3. The Morgan fingerprint density at radius 2 is 1.90 bits per heavy atom. The van der Waals surface area contributed by atoms with Gasteiger partial charge in [0.25, 0.3) is 0 Å². The molecule has 2 rings (SSSR count). The lowest BCUT2D eigenvalue weighted by molar-refractivity contribution is 0.101. The van der Waals surface area contributed by atoms with Crippen LogP contribution in [0, 0.1) is 0 Å². The molecule has 2 aromatic rings. The van der Waals surface area contributed by atoms with Gasteiger partial charge in [0, 0.05) is 17.8 Å². The van der Waals surface area contributed by atoms with Crippen LogP contribution in [0.4, 0.5) is 0 Å². The fourth-order valence-electron chi connectivity index (χ4n) is 1.87. The highest BCUT2D eigenvalue weighted by molar-refractivity contribution is 5.93. The number of carbonyl (C=O) groups is 1. The van der Waals surface area contributed by atoms with Crippen LogP contribution in [0.15, 0.2) is 42.6 Å². The predicted octanol–water partition coefficient (Wildman–Crippen LogP) is 4.59. The summed E-state index contributed by atoms with van der Waals surface area (Å²) in [6.45, 7) is 5.90. The van der Waals surface area contributed by atoms with Gasteiger partial charge in [-0.15, -0.1) is 0 Å². The Balaban J connectivity index is 2.08. The Labute approximate surface area is 119 Å². The molecule has 3 heteroatoms. The molecule has 20 heavy (non-hydrogen) atoms. The Morgan fingerprint density at radius 3 is 2.40 bits per heavy atom. The van der Waals surface area contributed by atoms with Crippen LogP contribution in [0.25, 0.3) is 0 Å². The van der Waals surface area contributed by atoms with Crippen molar-refractivity contribution >= 4 is 5.78 Å². The van der Waals surface area contributed by atoms with Crippen LogP contribution in [0.5, 0.6) is 11.6 Å². The normalized spacial score (nSPS) is 11.9. The van der Waals surface area contributed by atoms with Crippen molar-refractivity contribution in [2.75, 3.05) is 0 Å². The zero-order chi connectivity index (χ0) is 14.5. The number of nitrogens with zero attached hydrogens (tertiary/aromatic N) is 1. The smallest absolute Gasteiger partial charge is 0.219 e. The minimum absolute atomic E-state index is 0.00181. The monoisotopic (exact) mass is 269 g/mol. The van der Waals surface area contributed by atoms with E-state index in [1.807, 2.05) is 12.1 Å². The van der Waals surface area contributed by atoms with E-state index in [1.165, 1.54) is 18.7 Å². The van der Waals surface area contributed by atoms with Crippen LogP contribution in [0.1, 0.15) is 49.0 Å². The van der Waals surface area contributed by atoms with Crippen molar-refractivity contribution in [3.05, 3.63) is 53.7 Å². The maximum absolute atomic E-state index is 11.2. The number of benzene rings is 1. The Hall–Kier alpha value is -2.16. The van der Waals surface area contributed by atoms with E-state index in [0.29, 0.717) is 17.4 Å². The van der Waals surface area contributed by atoms with E-state index < -0.39 is 0 Å². The minimum Gasteiger partial charge on any atom is -0.439 e. The average Bonchev–Trinajstić information content (AvgIpc) is 2.48. The standard InChI is InChI=1S/C17H19NO2/c1-4-12(2)14-5-8-16(9-6-14)20-17-10-7-15(11-18-17)13(3)19/h5-12H,4H2,1-3H3. The van der Waals surface area contributed by atoms with Crippen LogP contribution in [-0.2, 0) is 0 Å². The third-order valence-corrected chi connectivity index (χ3v) is 3.43. The summed E-state index contributed by atoms with van der Waals surface area (Å²) in [7, 11) is 0. The van der Waals surface area contributed by atoms with Gasteiger partial charge in [-0.25, -0.2) is 4.98 Å². The summed E-state index contributed by atoms with van der Waals surface area (Å²) in [6, 6.07) is 11.5. The summed E-state index contributed by atoms with van der Waals surface area (Å²) in [5, 5.41) is 0. The molecule has 1 heterocycles. The van der Waals surface area contributed by atoms with Gasteiger partial charge >= 0.3 is 0 Å². The van der Waals surface area contributed by atoms with Gasteiger partial charge < -0.3 is 4.74 Å². The molecule has 0 spiro atoms. The van der Waals surface area contributed by atoms with E-state index in [9.17, 15) is 4.79 Å². The largest absolute Gasteiger partial charge is 0.439 e. The number of rotatable bonds is 5. The van der Waals surface area contributed by atoms with Crippen molar-refractivity contribution in [3.63, 3.8) is 0 Å². The van der Waals surface area contributed by atoms with Gasteiger partial charge in [0.05, 0.1) is 0 Å². The second-order valence-electron chi connectivity index (χ2n) is 4.92. The molecule has 1 aromatic carbocycles. The number of aromatic nitrogens is 1. The molecule has 0 aliphatic carbocycles. The van der Waals surface area contributed by atoms with Crippen LogP contribution in [0.2, 0.25) is 0 Å². The second-order valence-corrected chi connectivity index (χ2v) is 4.92. The van der Waals surface area contributed by atoms with Gasteiger partial charge in [-0.2, -0.15) is 0 Å². The van der Waals surface area contributed by atoms with Crippen LogP contribution < -0.4 is 4.74 Å². The van der Waals surface area contributed by atoms with Crippen molar-refractivity contribution in [1.29, 1.82) is 0 Å². The first-order valence-electron chi connectivity index (χ1n) is 6.85. The fraction of sp³-hybridized carbons (Fsp3) is 0.294. The molecular formula is C17H19NO2. The summed E-state index contributed by atoms with van der Waals surface area (Å²) in [5.74, 6) is 1.80. The lowest BCUT2D eigenvalue weighted by Crippen LogP contribution is -1.95. The molecule has 104 valence electrons. The number of ether oxygens (including phenoxy) is 1. The first-order chi connectivity index (χ1) is 9.60. The third kappa shape index (κ3) is 3.44. The zero-order valence-corrected chi connectivity index (χ0v) is 12.1. The molecule has 1 aromatic heterocycles. The number of Topliss-reactive ketones (excluding diaryl/α,β-unsaturated/α-hetero) is 1. The van der Waals surface area contributed by atoms with E-state index in [2.05, 4.69) is 31.0 Å². The van der Waals surface area contributed by atoms with Gasteiger partial charge in [-0.05, 0) is 43.0 Å². The lowest BCUT2D eigenvalue weighted by atomic mass is 9.99. The first kappa shape index (κ1) is 14.3. The number of ketones is 1. The first-order valence-corrected chi connectivity index (χ1v) is 6.85. The van der Waals surface area contributed by atoms with Crippen molar-refractivity contribution < 1.29 is 9.53 Å². The molecular weight excluding hydrogens is 250 g/mol. The number of hydrogen-bond acceptors (Lipinski definition) is 3. The highest BCUT2D eigenvalue weighted by atomic mass is 16.5. The van der Waals surface area contributed by atoms with Crippen molar-refractivity contribution in [2.24, 2.45) is 0 Å². The van der Waals surface area contributed by atoms with Gasteiger partial charge in [0.2, 0.25) is 5.88 Å². The van der Waals surface area contributed by atoms with E-state index in [0.717, 1.165) is 12.2 Å². The van der Waals surface area contributed by atoms with Gasteiger partial charge in [0.15, 0.2) is 5.78 Å². The van der Waals surface area contributed by atoms with Crippen molar-refractivity contribution in [1.82, 2.24) is 4.98 Å². The van der Waals surface area contributed by atoms with E-state index in [4.69, 9.17) is 4.74 Å². The zero-order valence-electron chi connectivity index (χ0n) is 12.1. The topological polar surface area (TPSA) is 39.2 Å². The second kappa shape index (κ2) is 6.33. The predicted molar refractivity (Wildman–Crippen MR) is 79.5 cm³/mol. The molecule has 3 nitrogen and oxygen atoms in total. The summed E-state index contributed by atoms with van der Waals surface area (Å²) in [6.07, 6.45) is 2.65. The molecule has 0 amide bonds. The van der Waals surface area contributed by atoms with Crippen LogP contribution in [-0.4, -0.2) is 10.8 Å². The molecule has 0 bridgehead atoms. The van der Waals surface area contributed by atoms with E-state index in [-0.39, 0.29) is 5.78 Å². The summed E-state index contributed by atoms with van der Waals surface area (Å²) < 4.78 is 5.66. The van der Waals surface area contributed by atoms with Crippen LogP contribution in [0.3, 0.4) is 0 Å². The SMILES string of the molecule is CCC(C)c1ccc(Oc2ccc(C(C)=O)cn2)cc1. The molecule has 0 aliphatic heterocycles. The van der Waals surface area contributed by atoms with E-state index in [1.54, 1.807) is 12.1 Å². The third-order valence-electron chi connectivity index (χ3n) is 3.43. The van der Waals surface area contributed by atoms with E-state index >= 15 is 0 Å². The molecule has 0 fully saturated rings. The molecule has 0 aliphatic rings. The quantitative estimate of drug-likeness (QED) is 0.745. The number of pyridine rings is 1. The fourth-order valence-corrected chi connectivity index (χ4v) is 1.87. The maximum Gasteiger partial charge on any atom is 0.219 e. The summed E-state index contributed by atoms with van der Waals surface area (Å²) >= 11 is 0. The Kier molecular flexibility index (Phi) is 4.51. The molecule has 1 unspecified atom stereocenters. The maximum atomic E-state index is 11.2. The molecule has 0 N–H and O–H groups in total. The summed E-state index contributed by atoms with van der Waals surface area (Å²) in [5.41, 5.74) is 1.89. The highest BCUT2D eigenvalue weighted by Gasteiger charge is 2.05. The average molecular weight is 269 g/mol. The number of hydrogen-bond donors (Lipinski definition) is 0. The minimum atomic E-state index is 0.00181. The van der Waals surface area contributed by atoms with Crippen LogP contribution >= 0.6 is 0 Å². The van der Waals surface area contributed by atoms with Gasteiger partial charge in [0.1, 0.15) is 5.75 Å². The van der Waals surface area contributed by atoms with Crippen molar-refractivity contribution in [2.45, 2.75) is 33.1 Å². The lowest BCUT2D eigenvalue weighted by Gasteiger charge is -2.10. The number of carbonyl (C=O) groups excluding carboxylic acids is 1. The molecule has 0 saturated carbocycles. The Morgan fingerprint density at radius 1 is 1.20 bits per heavy atom. The van der Waals surface area contributed by atoms with Crippen molar-refractivity contribution in [3.8, 4) is 11.6 Å². The molecule has 0 saturated heterocycles. The molecule has 0 radical (unpaired) electrons.